The van der Waals surface area contributed by atoms with Crippen molar-refractivity contribution in [3.8, 4) is 23.8 Å². The Kier molecular flexibility index (Phi) is 5.29. The number of benzene rings is 4. The zero-order valence-corrected chi connectivity index (χ0v) is 17.9. The molecule has 1 aromatic heterocycles. The van der Waals surface area contributed by atoms with Crippen LogP contribution in [0.25, 0.3) is 21.0 Å². The van der Waals surface area contributed by atoms with Gasteiger partial charge in [-0.15, -0.1) is 6.42 Å². The normalized spacial score (nSPS) is 11.5. The lowest BCUT2D eigenvalue weighted by molar-refractivity contribution is 0.0998. The fourth-order valence-corrected chi connectivity index (χ4v) is 4.73. The van der Waals surface area contributed by atoms with Crippen molar-refractivity contribution in [3.05, 3.63) is 101 Å². The number of fused-ring (bicyclic) bond motifs is 3. The van der Waals surface area contributed by atoms with Crippen LogP contribution < -0.4 is 9.54 Å². The van der Waals surface area contributed by atoms with Crippen LogP contribution in [-0.2, 0) is 6.54 Å². The molecule has 5 heteroatoms. The van der Waals surface area contributed by atoms with Gasteiger partial charge in [-0.2, -0.15) is 4.99 Å². The molecule has 0 fully saturated rings. The molecule has 5 aromatic rings. The maximum absolute atomic E-state index is 12.9. The first-order chi connectivity index (χ1) is 15.7. The predicted octanol–water partition coefficient (Wildman–Crippen LogP) is 6.02. The van der Waals surface area contributed by atoms with Gasteiger partial charge in [-0.05, 0) is 47.9 Å². The second kappa shape index (κ2) is 8.54. The highest BCUT2D eigenvalue weighted by Crippen LogP contribution is 2.28. The molecule has 0 aliphatic rings. The second-order valence-corrected chi connectivity index (χ2v) is 8.14. The number of hydrogen-bond acceptors (Lipinski definition) is 3. The van der Waals surface area contributed by atoms with Crippen molar-refractivity contribution in [1.82, 2.24) is 4.57 Å². The molecular formula is C27H18N2O2S. The lowest BCUT2D eigenvalue weighted by Gasteiger charge is -2.05. The quantitative estimate of drug-likeness (QED) is 0.325. The molecule has 0 unspecified atom stereocenters. The van der Waals surface area contributed by atoms with Gasteiger partial charge in [-0.25, -0.2) is 0 Å². The van der Waals surface area contributed by atoms with Crippen LogP contribution in [0, 0.1) is 12.3 Å². The predicted molar refractivity (Wildman–Crippen MR) is 129 cm³/mol. The molecule has 0 atom stereocenters. The molecular weight excluding hydrogens is 416 g/mol. The van der Waals surface area contributed by atoms with Crippen molar-refractivity contribution in [1.29, 1.82) is 0 Å². The maximum atomic E-state index is 12.9. The second-order valence-electron chi connectivity index (χ2n) is 7.17. The number of hydrogen-bond donors (Lipinski definition) is 0. The van der Waals surface area contributed by atoms with E-state index in [1.165, 1.54) is 11.3 Å². The van der Waals surface area contributed by atoms with Gasteiger partial charge in [0.05, 0.1) is 16.8 Å². The summed E-state index contributed by atoms with van der Waals surface area (Å²) in [5, 5.41) is 2.26. The summed E-state index contributed by atoms with van der Waals surface area (Å²) in [6.45, 7) is 0.342. The number of carbonyl (C=O) groups is 1. The first-order valence-electron chi connectivity index (χ1n) is 10.1. The Hall–Kier alpha value is -4.14. The van der Waals surface area contributed by atoms with Crippen LogP contribution in [-0.4, -0.2) is 10.5 Å². The van der Waals surface area contributed by atoms with Crippen LogP contribution in [0.4, 0.5) is 0 Å². The molecule has 0 bridgehead atoms. The zero-order valence-electron chi connectivity index (χ0n) is 17.1. The van der Waals surface area contributed by atoms with Crippen LogP contribution in [0.3, 0.4) is 0 Å². The molecule has 1 amide bonds. The number of amides is 1. The van der Waals surface area contributed by atoms with Crippen molar-refractivity contribution in [2.75, 3.05) is 0 Å². The third-order valence-electron chi connectivity index (χ3n) is 5.10. The maximum Gasteiger partial charge on any atom is 0.279 e. The van der Waals surface area contributed by atoms with E-state index in [0.29, 0.717) is 22.7 Å². The first kappa shape index (κ1) is 19.8. The minimum absolute atomic E-state index is 0.321. The van der Waals surface area contributed by atoms with Gasteiger partial charge in [0.15, 0.2) is 4.80 Å². The van der Waals surface area contributed by atoms with Crippen LogP contribution >= 0.6 is 11.3 Å². The molecule has 0 aliphatic carbocycles. The number of aromatic nitrogens is 1. The Bertz CT molecular complexity index is 1540. The van der Waals surface area contributed by atoms with Gasteiger partial charge < -0.3 is 9.30 Å². The van der Waals surface area contributed by atoms with E-state index < -0.39 is 0 Å². The van der Waals surface area contributed by atoms with E-state index in [2.05, 4.69) is 29.1 Å². The van der Waals surface area contributed by atoms with Gasteiger partial charge in [-0.3, -0.25) is 4.79 Å². The number of carbonyl (C=O) groups excluding carboxylic acids is 1. The minimum atomic E-state index is -0.321. The monoisotopic (exact) mass is 434 g/mol. The smallest absolute Gasteiger partial charge is 0.279 e. The molecule has 0 spiro atoms. The van der Waals surface area contributed by atoms with Gasteiger partial charge in [0.25, 0.3) is 5.91 Å². The van der Waals surface area contributed by atoms with E-state index in [9.17, 15) is 4.79 Å². The highest BCUT2D eigenvalue weighted by molar-refractivity contribution is 7.17. The van der Waals surface area contributed by atoms with Gasteiger partial charge in [0.1, 0.15) is 11.5 Å². The van der Waals surface area contributed by atoms with E-state index in [1.807, 2.05) is 53.1 Å². The van der Waals surface area contributed by atoms with Crippen LogP contribution in [0.15, 0.2) is 96.0 Å². The average molecular weight is 435 g/mol. The van der Waals surface area contributed by atoms with Crippen molar-refractivity contribution in [2.45, 2.75) is 6.54 Å². The lowest BCUT2D eigenvalue weighted by atomic mass is 10.1. The molecule has 0 saturated heterocycles. The summed E-state index contributed by atoms with van der Waals surface area (Å²) in [5.74, 6) is 3.75. The Balaban J connectivity index is 1.52. The summed E-state index contributed by atoms with van der Waals surface area (Å²) in [6.07, 6.45) is 5.61. The van der Waals surface area contributed by atoms with E-state index in [4.69, 9.17) is 11.2 Å². The summed E-state index contributed by atoms with van der Waals surface area (Å²) in [7, 11) is 0. The van der Waals surface area contributed by atoms with Gasteiger partial charge in [-0.1, -0.05) is 65.8 Å². The third-order valence-corrected chi connectivity index (χ3v) is 6.23. The van der Waals surface area contributed by atoms with Crippen LogP contribution in [0.2, 0.25) is 0 Å². The number of ether oxygens (including phenoxy) is 1. The molecule has 5 rings (SSSR count). The summed E-state index contributed by atoms with van der Waals surface area (Å²) < 4.78 is 8.78. The molecule has 4 aromatic carbocycles. The molecule has 0 radical (unpaired) electrons. The Morgan fingerprint density at radius 2 is 1.62 bits per heavy atom. The van der Waals surface area contributed by atoms with E-state index >= 15 is 0 Å². The SMILES string of the molecule is C#CCn1c(=NC(=O)c2ccc(Oc3ccccc3)cc2)sc2c3ccccc3ccc21. The first-order valence-corrected chi connectivity index (χ1v) is 10.9. The molecule has 4 nitrogen and oxygen atoms in total. The molecule has 0 N–H and O–H groups in total. The van der Waals surface area contributed by atoms with E-state index in [-0.39, 0.29) is 5.91 Å². The molecule has 32 heavy (non-hydrogen) atoms. The number of nitrogens with zero attached hydrogens (tertiary/aromatic N) is 2. The standard InChI is InChI=1S/C27H18N2O2S/c1-2-18-29-24-17-14-19-8-6-7-11-23(19)25(24)32-27(29)28-26(30)20-12-15-22(16-13-20)31-21-9-4-3-5-10-21/h1,3-17H,18H2. The third kappa shape index (κ3) is 3.80. The summed E-state index contributed by atoms with van der Waals surface area (Å²) in [4.78, 5) is 17.9. The summed E-state index contributed by atoms with van der Waals surface area (Å²) >= 11 is 1.48. The van der Waals surface area contributed by atoms with Crippen molar-refractivity contribution in [3.63, 3.8) is 0 Å². The minimum Gasteiger partial charge on any atom is -0.457 e. The van der Waals surface area contributed by atoms with Crippen molar-refractivity contribution in [2.24, 2.45) is 4.99 Å². The summed E-state index contributed by atoms with van der Waals surface area (Å²) in [5.41, 5.74) is 1.46. The highest BCUT2D eigenvalue weighted by Gasteiger charge is 2.11. The van der Waals surface area contributed by atoms with Crippen molar-refractivity contribution < 1.29 is 9.53 Å². The number of para-hydroxylation sites is 1. The van der Waals surface area contributed by atoms with Gasteiger partial charge >= 0.3 is 0 Å². The lowest BCUT2D eigenvalue weighted by Crippen LogP contribution is -2.16. The number of thiazole rings is 1. The molecule has 154 valence electrons. The van der Waals surface area contributed by atoms with Crippen LogP contribution in [0.5, 0.6) is 11.5 Å². The zero-order chi connectivity index (χ0) is 21.9. The number of terminal acetylenes is 1. The van der Waals surface area contributed by atoms with Crippen LogP contribution in [0.1, 0.15) is 10.4 Å². The Morgan fingerprint density at radius 3 is 2.41 bits per heavy atom. The largest absolute Gasteiger partial charge is 0.457 e. The molecule has 1 heterocycles. The Labute approximate surface area is 189 Å². The summed E-state index contributed by atoms with van der Waals surface area (Å²) in [6, 6.07) is 28.7. The average Bonchev–Trinajstić information content (AvgIpc) is 3.18. The fraction of sp³-hybridized carbons (Fsp3) is 0.0370. The highest BCUT2D eigenvalue weighted by atomic mass is 32.1. The number of rotatable bonds is 4. The fourth-order valence-electron chi connectivity index (χ4n) is 3.57. The van der Waals surface area contributed by atoms with Gasteiger partial charge in [0.2, 0.25) is 0 Å². The van der Waals surface area contributed by atoms with Gasteiger partial charge in [0, 0.05) is 10.9 Å². The van der Waals surface area contributed by atoms with E-state index in [0.717, 1.165) is 26.7 Å². The topological polar surface area (TPSA) is 43.6 Å². The van der Waals surface area contributed by atoms with E-state index in [1.54, 1.807) is 24.3 Å². The molecule has 0 aliphatic heterocycles. The van der Waals surface area contributed by atoms with Crippen molar-refractivity contribution >= 4 is 38.2 Å². The Morgan fingerprint density at radius 1 is 0.906 bits per heavy atom. The molecule has 0 saturated carbocycles.